The fourth-order valence-electron chi connectivity index (χ4n) is 4.54. The summed E-state index contributed by atoms with van der Waals surface area (Å²) in [6.07, 6.45) is 22.1. The van der Waals surface area contributed by atoms with E-state index in [1.807, 2.05) is 0 Å². The van der Waals surface area contributed by atoms with Crippen LogP contribution in [0.2, 0.25) is 0 Å². The predicted octanol–water partition coefficient (Wildman–Crippen LogP) is 8.03. The van der Waals surface area contributed by atoms with E-state index >= 15 is 0 Å². The van der Waals surface area contributed by atoms with Crippen molar-refractivity contribution in [1.82, 2.24) is 9.55 Å². The van der Waals surface area contributed by atoms with Gasteiger partial charge in [0.15, 0.2) is 0 Å². The van der Waals surface area contributed by atoms with Crippen LogP contribution in [0.5, 0.6) is 0 Å². The lowest BCUT2D eigenvalue weighted by molar-refractivity contribution is -0.0130. The first-order valence-corrected chi connectivity index (χ1v) is 18.6. The Bertz CT molecular complexity index is 1100. The Morgan fingerprint density at radius 3 is 2.02 bits per heavy atom. The minimum Gasteiger partial charge on any atom is -0.432 e. The van der Waals surface area contributed by atoms with E-state index in [9.17, 15) is 18.9 Å². The third-order valence-corrected chi connectivity index (χ3v) is 8.84. The molecule has 0 bridgehead atoms. The molecule has 0 aromatic carbocycles. The van der Waals surface area contributed by atoms with Crippen LogP contribution in [0.4, 0.5) is 4.79 Å². The topological polar surface area (TPSA) is 135 Å². The number of rotatable bonds is 28. The number of aryl methyl sites for hydroxylation is 1. The second kappa shape index (κ2) is 25.9. The fourth-order valence-corrected chi connectivity index (χ4v) is 5.85. The largest absolute Gasteiger partial charge is 0.510 e. The zero-order valence-electron chi connectivity index (χ0n) is 28.2. The summed E-state index contributed by atoms with van der Waals surface area (Å²) in [4.78, 5) is 37.4. The third-order valence-electron chi connectivity index (χ3n) is 7.11. The van der Waals surface area contributed by atoms with E-state index in [1.165, 1.54) is 87.8 Å². The van der Waals surface area contributed by atoms with Crippen molar-refractivity contribution in [3.8, 4) is 0 Å². The molecule has 0 fully saturated rings. The molecule has 1 N–H and O–H groups in total. The summed E-state index contributed by atoms with van der Waals surface area (Å²) in [6.45, 7) is 8.07. The van der Waals surface area contributed by atoms with Crippen LogP contribution >= 0.6 is 7.60 Å². The molecule has 11 nitrogen and oxygen atoms in total. The SMILES string of the molecule is CCCCCCCCCCCCCCCCOCCCOP(=O)(C/C=C/Cn1cc(C)c(=O)[nH]c1=O)OCOC(=O)OC(C)C. The summed E-state index contributed by atoms with van der Waals surface area (Å²) in [5.74, 6) is 0. The highest BCUT2D eigenvalue weighted by molar-refractivity contribution is 7.54. The van der Waals surface area contributed by atoms with Gasteiger partial charge in [-0.15, -0.1) is 0 Å². The second-order valence-electron chi connectivity index (χ2n) is 11.7. The van der Waals surface area contributed by atoms with Crippen molar-refractivity contribution in [2.45, 2.75) is 137 Å². The van der Waals surface area contributed by atoms with Gasteiger partial charge < -0.3 is 18.7 Å². The van der Waals surface area contributed by atoms with E-state index < -0.39 is 31.8 Å². The van der Waals surface area contributed by atoms with Crippen LogP contribution in [-0.2, 0) is 34.4 Å². The Morgan fingerprint density at radius 1 is 0.844 bits per heavy atom. The maximum Gasteiger partial charge on any atom is 0.510 e. The molecular formula is C33H59N2O9P. The average molecular weight is 659 g/mol. The highest BCUT2D eigenvalue weighted by Crippen LogP contribution is 2.48. The summed E-state index contributed by atoms with van der Waals surface area (Å²) in [6, 6.07) is 0. The molecule has 0 amide bonds. The van der Waals surface area contributed by atoms with E-state index in [4.69, 9.17) is 23.3 Å². The minimum absolute atomic E-state index is 0.105. The number of carbonyl (C=O) groups excluding carboxylic acids is 1. The van der Waals surface area contributed by atoms with Gasteiger partial charge in [-0.2, -0.15) is 0 Å². The lowest BCUT2D eigenvalue weighted by Crippen LogP contribution is -2.30. The van der Waals surface area contributed by atoms with Crippen molar-refractivity contribution in [3.63, 3.8) is 0 Å². The Balaban J connectivity index is 2.26. The molecule has 1 atom stereocenters. The maximum absolute atomic E-state index is 13.3. The van der Waals surface area contributed by atoms with Gasteiger partial charge in [-0.3, -0.25) is 23.4 Å². The van der Waals surface area contributed by atoms with Crippen molar-refractivity contribution in [2.75, 3.05) is 32.8 Å². The van der Waals surface area contributed by atoms with Crippen LogP contribution in [0.15, 0.2) is 27.9 Å². The average Bonchev–Trinajstić information content (AvgIpc) is 2.98. The van der Waals surface area contributed by atoms with Crippen molar-refractivity contribution < 1.29 is 32.6 Å². The minimum atomic E-state index is -3.67. The molecule has 45 heavy (non-hydrogen) atoms. The molecule has 0 spiro atoms. The number of nitrogens with zero attached hydrogens (tertiary/aromatic N) is 1. The molecule has 1 rings (SSSR count). The zero-order valence-corrected chi connectivity index (χ0v) is 29.1. The van der Waals surface area contributed by atoms with Crippen LogP contribution < -0.4 is 11.2 Å². The van der Waals surface area contributed by atoms with Crippen LogP contribution in [0, 0.1) is 6.92 Å². The summed E-state index contributed by atoms with van der Waals surface area (Å²) >= 11 is 0. The number of unbranched alkanes of at least 4 members (excludes halogenated alkanes) is 13. The number of aromatic nitrogens is 2. The van der Waals surface area contributed by atoms with E-state index in [1.54, 1.807) is 32.9 Å². The monoisotopic (exact) mass is 658 g/mol. The number of carbonyl (C=O) groups is 1. The van der Waals surface area contributed by atoms with Gasteiger partial charge in [0.05, 0.1) is 18.9 Å². The highest BCUT2D eigenvalue weighted by atomic mass is 31.2. The highest BCUT2D eigenvalue weighted by Gasteiger charge is 2.24. The first-order chi connectivity index (χ1) is 21.7. The molecule has 260 valence electrons. The Hall–Kier alpha value is -2.20. The van der Waals surface area contributed by atoms with Crippen molar-refractivity contribution in [1.29, 1.82) is 0 Å². The van der Waals surface area contributed by atoms with Gasteiger partial charge >= 0.3 is 19.4 Å². The Labute approximate surface area is 269 Å². The molecule has 1 unspecified atom stereocenters. The first-order valence-electron chi connectivity index (χ1n) is 16.9. The third kappa shape index (κ3) is 22.0. The van der Waals surface area contributed by atoms with Crippen LogP contribution in [-0.4, -0.2) is 54.6 Å². The Morgan fingerprint density at radius 2 is 1.42 bits per heavy atom. The number of H-pyrrole nitrogens is 1. The van der Waals surface area contributed by atoms with Gasteiger partial charge in [-0.1, -0.05) is 103 Å². The van der Waals surface area contributed by atoms with Crippen LogP contribution in [0.3, 0.4) is 0 Å². The first kappa shape index (κ1) is 40.8. The molecule has 1 aromatic heterocycles. The van der Waals surface area contributed by atoms with E-state index in [0.717, 1.165) is 12.8 Å². The molecule has 12 heteroatoms. The molecule has 0 aliphatic heterocycles. The van der Waals surface area contributed by atoms with E-state index in [0.29, 0.717) is 25.2 Å². The zero-order chi connectivity index (χ0) is 33.2. The lowest BCUT2D eigenvalue weighted by atomic mass is 10.0. The number of hydrogen-bond donors (Lipinski definition) is 1. The maximum atomic E-state index is 13.3. The number of aromatic amines is 1. The van der Waals surface area contributed by atoms with E-state index in [2.05, 4.69) is 11.9 Å². The molecular weight excluding hydrogens is 599 g/mol. The van der Waals surface area contributed by atoms with Gasteiger partial charge in [0.2, 0.25) is 6.79 Å². The second-order valence-corrected chi connectivity index (χ2v) is 13.8. The number of allylic oxidation sites excluding steroid dienone is 2. The van der Waals surface area contributed by atoms with Gasteiger partial charge in [0, 0.05) is 31.5 Å². The van der Waals surface area contributed by atoms with Crippen molar-refractivity contribution >= 4 is 13.8 Å². The number of nitrogens with one attached hydrogen (secondary N) is 1. The smallest absolute Gasteiger partial charge is 0.432 e. The quantitative estimate of drug-likeness (QED) is 0.0312. The number of hydrogen-bond acceptors (Lipinski definition) is 9. The summed E-state index contributed by atoms with van der Waals surface area (Å²) in [7, 11) is -3.67. The van der Waals surface area contributed by atoms with Gasteiger partial charge in [0.1, 0.15) is 0 Å². The van der Waals surface area contributed by atoms with Crippen LogP contribution in [0.1, 0.15) is 123 Å². The molecule has 1 heterocycles. The summed E-state index contributed by atoms with van der Waals surface area (Å²) in [5.41, 5.74) is -0.583. The number of ether oxygens (including phenoxy) is 3. The normalized spacial score (nSPS) is 13.0. The molecule has 0 saturated heterocycles. The molecule has 1 aromatic rings. The summed E-state index contributed by atoms with van der Waals surface area (Å²) < 4.78 is 41.0. The molecule has 0 radical (unpaired) electrons. The Kier molecular flexibility index (Phi) is 23.5. The van der Waals surface area contributed by atoms with Crippen LogP contribution in [0.25, 0.3) is 0 Å². The standard InChI is InChI=1S/C33H59N2O9P/c1-5-6-7-8-9-10-11-12-13-14-15-16-17-19-23-40-24-21-25-42-45(39,43-28-41-33(38)44-29(2)3)26-20-18-22-35-27-30(4)31(36)34-32(35)37/h18,20,27,29H,5-17,19,21-26,28H2,1-4H3,(H,34,36,37)/b20-18+. The van der Waals surface area contributed by atoms with Gasteiger partial charge in [-0.25, -0.2) is 9.59 Å². The predicted molar refractivity (Wildman–Crippen MR) is 178 cm³/mol. The fraction of sp³-hybridized carbons (Fsp3) is 0.788. The van der Waals surface area contributed by atoms with Gasteiger partial charge in [0.25, 0.3) is 5.56 Å². The van der Waals surface area contributed by atoms with E-state index in [-0.39, 0.29) is 25.4 Å². The molecule has 0 aliphatic carbocycles. The van der Waals surface area contributed by atoms with Gasteiger partial charge in [-0.05, 0) is 33.6 Å². The van der Waals surface area contributed by atoms with Crippen molar-refractivity contribution in [3.05, 3.63) is 44.8 Å². The summed E-state index contributed by atoms with van der Waals surface area (Å²) in [5, 5.41) is 0. The van der Waals surface area contributed by atoms with Crippen molar-refractivity contribution in [2.24, 2.45) is 0 Å². The molecule has 0 aliphatic rings. The molecule has 0 saturated carbocycles. The lowest BCUT2D eigenvalue weighted by Gasteiger charge is -2.17.